The zero-order valence-corrected chi connectivity index (χ0v) is 7.50. The second-order valence-electron chi connectivity index (χ2n) is 2.62. The highest BCUT2D eigenvalue weighted by Gasteiger charge is 2.12. The predicted octanol–water partition coefficient (Wildman–Crippen LogP) is -0.602. The van der Waals surface area contributed by atoms with E-state index in [-0.39, 0.29) is 13.0 Å². The monoisotopic (exact) mass is 198 g/mol. The van der Waals surface area contributed by atoms with Gasteiger partial charge in [0.25, 0.3) is 10.1 Å². The molecule has 0 spiro atoms. The van der Waals surface area contributed by atoms with Gasteiger partial charge in [0, 0.05) is 6.61 Å². The average molecular weight is 198 g/mol. The molecule has 0 aliphatic carbocycles. The van der Waals surface area contributed by atoms with E-state index >= 15 is 0 Å². The first-order chi connectivity index (χ1) is 5.45. The van der Waals surface area contributed by atoms with Crippen LogP contribution in [-0.4, -0.2) is 41.6 Å². The van der Waals surface area contributed by atoms with E-state index in [4.69, 9.17) is 14.8 Å². The summed E-state index contributed by atoms with van der Waals surface area (Å²) < 4.78 is 28.7. The van der Waals surface area contributed by atoms with Gasteiger partial charge < -0.3 is 10.2 Å². The van der Waals surface area contributed by atoms with Gasteiger partial charge in [-0.15, -0.1) is 0 Å². The lowest BCUT2D eigenvalue weighted by atomic mass is 10.2. The molecule has 6 heteroatoms. The summed E-state index contributed by atoms with van der Waals surface area (Å²) in [6, 6.07) is 0. The van der Waals surface area contributed by atoms with E-state index in [0.29, 0.717) is 12.8 Å². The lowest BCUT2D eigenvalue weighted by Gasteiger charge is -2.06. The molecule has 0 rings (SSSR count). The van der Waals surface area contributed by atoms with Crippen LogP contribution in [0, 0.1) is 0 Å². The molecule has 0 amide bonds. The van der Waals surface area contributed by atoms with Gasteiger partial charge in [0.2, 0.25) is 0 Å². The van der Waals surface area contributed by atoms with Crippen molar-refractivity contribution < 1.29 is 23.2 Å². The van der Waals surface area contributed by atoms with Gasteiger partial charge >= 0.3 is 0 Å². The molecule has 5 nitrogen and oxygen atoms in total. The van der Waals surface area contributed by atoms with Crippen molar-refractivity contribution in [2.75, 3.05) is 12.4 Å². The summed E-state index contributed by atoms with van der Waals surface area (Å²) in [5, 5.41) is 17.4. The Morgan fingerprint density at radius 3 is 2.25 bits per heavy atom. The number of aliphatic hydroxyl groups excluding tert-OH is 2. The molecule has 0 aromatic rings. The molecule has 0 bridgehead atoms. The molecule has 12 heavy (non-hydrogen) atoms. The van der Waals surface area contributed by atoms with E-state index in [2.05, 4.69) is 0 Å². The molecular formula is C6H14O5S. The maximum Gasteiger partial charge on any atom is 0.267 e. The first-order valence-corrected chi connectivity index (χ1v) is 5.30. The Kier molecular flexibility index (Phi) is 5.39. The second-order valence-corrected chi connectivity index (χ2v) is 4.12. The van der Waals surface area contributed by atoms with Crippen molar-refractivity contribution in [1.29, 1.82) is 0 Å². The fraction of sp³-hybridized carbons (Fsp3) is 1.00. The normalized spacial score (nSPS) is 14.6. The van der Waals surface area contributed by atoms with Crippen LogP contribution in [0.1, 0.15) is 19.3 Å². The van der Waals surface area contributed by atoms with Crippen molar-refractivity contribution in [2.45, 2.75) is 25.4 Å². The van der Waals surface area contributed by atoms with E-state index in [9.17, 15) is 8.42 Å². The minimum atomic E-state index is -4.07. The highest BCUT2D eigenvalue weighted by molar-refractivity contribution is 7.85. The van der Waals surface area contributed by atoms with Gasteiger partial charge in [-0.25, -0.2) is 0 Å². The first-order valence-electron chi connectivity index (χ1n) is 3.70. The Morgan fingerprint density at radius 2 is 1.83 bits per heavy atom. The lowest BCUT2D eigenvalue weighted by molar-refractivity contribution is 0.176. The molecule has 0 saturated heterocycles. The Bertz CT molecular complexity index is 198. The van der Waals surface area contributed by atoms with Crippen LogP contribution in [0.15, 0.2) is 0 Å². The Balaban J connectivity index is 3.53. The number of aliphatic hydroxyl groups is 2. The molecule has 0 saturated carbocycles. The van der Waals surface area contributed by atoms with Gasteiger partial charge in [0.15, 0.2) is 0 Å². The summed E-state index contributed by atoms with van der Waals surface area (Å²) >= 11 is 0. The van der Waals surface area contributed by atoms with E-state index in [0.717, 1.165) is 0 Å². The number of rotatable bonds is 6. The number of unbranched alkanes of at least 4 members (excludes halogenated alkanes) is 1. The predicted molar refractivity (Wildman–Crippen MR) is 43.4 cm³/mol. The SMILES string of the molecule is O=S(=O)(O)CC(O)CCCCO. The van der Waals surface area contributed by atoms with Crippen molar-refractivity contribution >= 4 is 10.1 Å². The fourth-order valence-electron chi connectivity index (χ4n) is 0.818. The van der Waals surface area contributed by atoms with E-state index in [1.54, 1.807) is 0 Å². The maximum absolute atomic E-state index is 10.2. The highest BCUT2D eigenvalue weighted by atomic mass is 32.2. The smallest absolute Gasteiger partial charge is 0.267 e. The second kappa shape index (κ2) is 5.47. The third-order valence-electron chi connectivity index (χ3n) is 1.35. The van der Waals surface area contributed by atoms with E-state index in [1.165, 1.54) is 0 Å². The number of hydrogen-bond acceptors (Lipinski definition) is 4. The van der Waals surface area contributed by atoms with Gasteiger partial charge in [-0.05, 0) is 19.3 Å². The van der Waals surface area contributed by atoms with Crippen molar-refractivity contribution in [3.8, 4) is 0 Å². The van der Waals surface area contributed by atoms with Crippen LogP contribution in [0.2, 0.25) is 0 Å². The quantitative estimate of drug-likeness (QED) is 0.391. The summed E-state index contributed by atoms with van der Waals surface area (Å²) in [7, 11) is -4.07. The zero-order valence-electron chi connectivity index (χ0n) is 6.68. The Morgan fingerprint density at radius 1 is 1.25 bits per heavy atom. The Hall–Kier alpha value is -0.170. The minimum Gasteiger partial charge on any atom is -0.396 e. The zero-order chi connectivity index (χ0) is 9.61. The molecule has 3 N–H and O–H groups in total. The van der Waals surface area contributed by atoms with Gasteiger partial charge in [-0.2, -0.15) is 8.42 Å². The van der Waals surface area contributed by atoms with Crippen molar-refractivity contribution in [3.05, 3.63) is 0 Å². The van der Waals surface area contributed by atoms with Crippen LogP contribution in [0.4, 0.5) is 0 Å². The summed E-state index contributed by atoms with van der Waals surface area (Å²) in [5.74, 6) is -0.627. The molecule has 0 heterocycles. The molecule has 0 aliphatic rings. The van der Waals surface area contributed by atoms with Crippen LogP contribution in [-0.2, 0) is 10.1 Å². The van der Waals surface area contributed by atoms with Crippen LogP contribution < -0.4 is 0 Å². The van der Waals surface area contributed by atoms with E-state index < -0.39 is 22.0 Å². The molecule has 1 atom stereocenters. The first kappa shape index (κ1) is 11.8. The molecule has 1 unspecified atom stereocenters. The van der Waals surface area contributed by atoms with Crippen LogP contribution >= 0.6 is 0 Å². The molecular weight excluding hydrogens is 184 g/mol. The fourth-order valence-corrected chi connectivity index (χ4v) is 1.47. The third kappa shape index (κ3) is 7.93. The molecule has 0 aromatic heterocycles. The minimum absolute atomic E-state index is 0.0264. The van der Waals surface area contributed by atoms with E-state index in [1.807, 2.05) is 0 Å². The largest absolute Gasteiger partial charge is 0.396 e. The average Bonchev–Trinajstić information content (AvgIpc) is 1.84. The van der Waals surface area contributed by atoms with Crippen LogP contribution in [0.3, 0.4) is 0 Å². The molecule has 74 valence electrons. The maximum atomic E-state index is 10.2. The summed E-state index contributed by atoms with van der Waals surface area (Å²) in [6.45, 7) is 0.0264. The topological polar surface area (TPSA) is 94.8 Å². The molecule has 0 aromatic carbocycles. The summed E-state index contributed by atoms with van der Waals surface area (Å²) in [4.78, 5) is 0. The summed E-state index contributed by atoms with van der Waals surface area (Å²) in [6.07, 6.45) is 0.322. The molecule has 0 aliphatic heterocycles. The van der Waals surface area contributed by atoms with Crippen LogP contribution in [0.5, 0.6) is 0 Å². The number of hydrogen-bond donors (Lipinski definition) is 3. The van der Waals surface area contributed by atoms with Gasteiger partial charge in [-0.3, -0.25) is 4.55 Å². The van der Waals surface area contributed by atoms with Crippen molar-refractivity contribution in [1.82, 2.24) is 0 Å². The molecule has 0 fully saturated rings. The third-order valence-corrected chi connectivity index (χ3v) is 2.15. The summed E-state index contributed by atoms with van der Waals surface area (Å²) in [5.41, 5.74) is 0. The molecule has 0 radical (unpaired) electrons. The Labute approximate surface area is 71.8 Å². The standard InChI is InChI=1S/C6H14O5S/c7-4-2-1-3-6(8)5-12(9,10)11/h6-8H,1-5H2,(H,9,10,11). The van der Waals surface area contributed by atoms with Gasteiger partial charge in [-0.1, -0.05) is 0 Å². The lowest BCUT2D eigenvalue weighted by Crippen LogP contribution is -2.20. The van der Waals surface area contributed by atoms with Gasteiger partial charge in [0.1, 0.15) is 5.75 Å². The highest BCUT2D eigenvalue weighted by Crippen LogP contribution is 2.02. The van der Waals surface area contributed by atoms with Crippen LogP contribution in [0.25, 0.3) is 0 Å². The van der Waals surface area contributed by atoms with Gasteiger partial charge in [0.05, 0.1) is 6.10 Å². The van der Waals surface area contributed by atoms with Crippen molar-refractivity contribution in [3.63, 3.8) is 0 Å². The van der Waals surface area contributed by atoms with Crippen molar-refractivity contribution in [2.24, 2.45) is 0 Å².